The molecule has 162 valence electrons. The van der Waals surface area contributed by atoms with Crippen molar-refractivity contribution in [3.63, 3.8) is 0 Å². The van der Waals surface area contributed by atoms with E-state index in [-0.39, 0.29) is 29.7 Å². The highest BCUT2D eigenvalue weighted by Crippen LogP contribution is 2.34. The van der Waals surface area contributed by atoms with Crippen molar-refractivity contribution >= 4 is 17.5 Å². The molecule has 0 amide bonds. The molecule has 0 saturated carbocycles. The van der Waals surface area contributed by atoms with Gasteiger partial charge in [0.25, 0.3) is 5.56 Å². The van der Waals surface area contributed by atoms with Crippen LogP contribution in [-0.4, -0.2) is 27.7 Å². The lowest BCUT2D eigenvalue weighted by Gasteiger charge is -2.15. The number of carboxylic acid groups (broad SMARTS) is 1. The highest BCUT2D eigenvalue weighted by molar-refractivity contribution is 5.75. The van der Waals surface area contributed by atoms with Crippen molar-refractivity contribution in [2.24, 2.45) is 5.84 Å². The van der Waals surface area contributed by atoms with E-state index in [1.807, 2.05) is 50.2 Å². The Hall–Kier alpha value is -3.85. The number of carbonyl (C=O) groups is 1. The van der Waals surface area contributed by atoms with Crippen LogP contribution in [0.15, 0.2) is 47.3 Å². The first-order valence-corrected chi connectivity index (χ1v) is 9.79. The van der Waals surface area contributed by atoms with Crippen molar-refractivity contribution < 1.29 is 14.6 Å². The summed E-state index contributed by atoms with van der Waals surface area (Å²) in [5.41, 5.74) is 10.7. The summed E-state index contributed by atoms with van der Waals surface area (Å²) in [6.45, 7) is 4.15. The van der Waals surface area contributed by atoms with Crippen LogP contribution < -0.4 is 27.3 Å². The molecule has 7 N–H and O–H groups in total. The zero-order valence-corrected chi connectivity index (χ0v) is 17.3. The van der Waals surface area contributed by atoms with Gasteiger partial charge in [0, 0.05) is 0 Å². The lowest BCUT2D eigenvalue weighted by atomic mass is 9.93. The maximum atomic E-state index is 12.1. The summed E-state index contributed by atoms with van der Waals surface area (Å²) in [5, 5.41) is 9.07. The molecular formula is C22H25N5O4. The van der Waals surface area contributed by atoms with Gasteiger partial charge in [0.05, 0.1) is 18.6 Å². The lowest BCUT2D eigenvalue weighted by Crippen LogP contribution is -2.20. The minimum Gasteiger partial charge on any atom is -0.493 e. The number of rotatable bonds is 8. The van der Waals surface area contributed by atoms with E-state index in [4.69, 9.17) is 21.4 Å². The number of H-pyrrole nitrogens is 1. The van der Waals surface area contributed by atoms with Crippen molar-refractivity contribution in [1.29, 1.82) is 0 Å². The van der Waals surface area contributed by atoms with Gasteiger partial charge in [-0.2, -0.15) is 0 Å². The maximum Gasteiger partial charge on any atom is 0.303 e. The Balaban J connectivity index is 2.05. The van der Waals surface area contributed by atoms with Gasteiger partial charge in [-0.3, -0.25) is 9.59 Å². The van der Waals surface area contributed by atoms with Crippen LogP contribution in [0.1, 0.15) is 31.7 Å². The van der Waals surface area contributed by atoms with Gasteiger partial charge in [0.1, 0.15) is 17.3 Å². The zero-order valence-electron chi connectivity index (χ0n) is 17.3. The van der Waals surface area contributed by atoms with E-state index in [0.717, 1.165) is 16.7 Å². The SMILES string of the molecule is CCOc1cc(-c2cccc(C(C)CC(=O)O)c2)ccc1-c1nc(NN)c(N)c(=O)[nH]1. The predicted octanol–water partition coefficient (Wildman–Crippen LogP) is 2.95. The number of aromatic nitrogens is 2. The molecule has 0 fully saturated rings. The first-order valence-electron chi connectivity index (χ1n) is 9.79. The minimum atomic E-state index is -0.836. The quantitative estimate of drug-likeness (QED) is 0.273. The Kier molecular flexibility index (Phi) is 6.56. The number of carboxylic acids is 1. The number of anilines is 2. The third-order valence-electron chi connectivity index (χ3n) is 4.90. The van der Waals surface area contributed by atoms with Gasteiger partial charge in [0.15, 0.2) is 5.82 Å². The monoisotopic (exact) mass is 423 g/mol. The van der Waals surface area contributed by atoms with E-state index < -0.39 is 11.5 Å². The summed E-state index contributed by atoms with van der Waals surface area (Å²) < 4.78 is 5.80. The summed E-state index contributed by atoms with van der Waals surface area (Å²) >= 11 is 0. The number of nitrogens with two attached hydrogens (primary N) is 2. The number of ether oxygens (including phenoxy) is 1. The van der Waals surface area contributed by atoms with Crippen molar-refractivity contribution in [2.75, 3.05) is 17.8 Å². The number of hydrazine groups is 1. The van der Waals surface area contributed by atoms with Crippen LogP contribution in [0.4, 0.5) is 11.5 Å². The second-order valence-corrected chi connectivity index (χ2v) is 7.09. The third kappa shape index (κ3) is 4.84. The maximum absolute atomic E-state index is 12.1. The van der Waals surface area contributed by atoms with Crippen LogP contribution in [0.2, 0.25) is 0 Å². The molecule has 9 nitrogen and oxygen atoms in total. The normalized spacial score (nSPS) is 11.7. The molecule has 1 atom stereocenters. The minimum absolute atomic E-state index is 0.0558. The number of benzene rings is 2. The van der Waals surface area contributed by atoms with Crippen LogP contribution >= 0.6 is 0 Å². The molecule has 0 radical (unpaired) electrons. The van der Waals surface area contributed by atoms with Gasteiger partial charge in [-0.15, -0.1) is 0 Å². The van der Waals surface area contributed by atoms with Crippen LogP contribution in [0.5, 0.6) is 5.75 Å². The second kappa shape index (κ2) is 9.31. The Labute approximate surface area is 179 Å². The van der Waals surface area contributed by atoms with Gasteiger partial charge in [0.2, 0.25) is 0 Å². The molecule has 0 spiro atoms. The fourth-order valence-electron chi connectivity index (χ4n) is 3.30. The summed E-state index contributed by atoms with van der Waals surface area (Å²) in [5.74, 6) is 5.34. The topological polar surface area (TPSA) is 156 Å². The summed E-state index contributed by atoms with van der Waals surface area (Å²) in [6.07, 6.45) is 0.0558. The fourth-order valence-corrected chi connectivity index (χ4v) is 3.30. The molecule has 1 aromatic heterocycles. The average Bonchev–Trinajstić information content (AvgIpc) is 2.75. The smallest absolute Gasteiger partial charge is 0.303 e. The number of aromatic amines is 1. The van der Waals surface area contributed by atoms with Gasteiger partial charge >= 0.3 is 5.97 Å². The number of aliphatic carboxylic acids is 1. The number of hydrogen-bond donors (Lipinski definition) is 5. The molecule has 3 aromatic rings. The van der Waals surface area contributed by atoms with Crippen LogP contribution in [0, 0.1) is 0 Å². The number of nitrogens with zero attached hydrogens (tertiary/aromatic N) is 1. The van der Waals surface area contributed by atoms with Crippen LogP contribution in [-0.2, 0) is 4.79 Å². The molecule has 2 aromatic carbocycles. The number of hydrogen-bond acceptors (Lipinski definition) is 7. The molecule has 0 aliphatic heterocycles. The molecule has 31 heavy (non-hydrogen) atoms. The Morgan fingerprint density at radius 3 is 2.68 bits per heavy atom. The van der Waals surface area contributed by atoms with Crippen molar-refractivity contribution in [3.05, 3.63) is 58.4 Å². The van der Waals surface area contributed by atoms with Crippen molar-refractivity contribution in [1.82, 2.24) is 9.97 Å². The van der Waals surface area contributed by atoms with E-state index in [1.54, 1.807) is 6.07 Å². The Morgan fingerprint density at radius 2 is 2.00 bits per heavy atom. The highest BCUT2D eigenvalue weighted by Gasteiger charge is 2.15. The molecule has 0 saturated heterocycles. The molecule has 3 rings (SSSR count). The Bertz CT molecular complexity index is 1160. The van der Waals surface area contributed by atoms with Crippen LogP contribution in [0.25, 0.3) is 22.5 Å². The largest absolute Gasteiger partial charge is 0.493 e. The van der Waals surface area contributed by atoms with Gasteiger partial charge in [-0.25, -0.2) is 10.8 Å². The molecule has 0 aliphatic carbocycles. The molecular weight excluding hydrogens is 398 g/mol. The summed E-state index contributed by atoms with van der Waals surface area (Å²) in [6, 6.07) is 13.3. The fraction of sp³-hybridized carbons (Fsp3) is 0.227. The lowest BCUT2D eigenvalue weighted by molar-refractivity contribution is -0.137. The predicted molar refractivity (Wildman–Crippen MR) is 120 cm³/mol. The van der Waals surface area contributed by atoms with Crippen molar-refractivity contribution in [3.8, 4) is 28.3 Å². The Morgan fingerprint density at radius 1 is 1.26 bits per heavy atom. The molecule has 1 heterocycles. The first kappa shape index (κ1) is 21.8. The second-order valence-electron chi connectivity index (χ2n) is 7.09. The van der Waals surface area contributed by atoms with Crippen molar-refractivity contribution in [2.45, 2.75) is 26.2 Å². The first-order chi connectivity index (χ1) is 14.8. The molecule has 1 unspecified atom stereocenters. The molecule has 0 bridgehead atoms. The number of nitrogens with one attached hydrogen (secondary N) is 2. The zero-order chi connectivity index (χ0) is 22.5. The van der Waals surface area contributed by atoms with E-state index in [0.29, 0.717) is 17.9 Å². The summed E-state index contributed by atoms with van der Waals surface area (Å²) in [4.78, 5) is 30.1. The van der Waals surface area contributed by atoms with Gasteiger partial charge < -0.3 is 26.0 Å². The number of nitrogen functional groups attached to an aromatic ring is 2. The third-order valence-corrected chi connectivity index (χ3v) is 4.90. The molecule has 0 aliphatic rings. The average molecular weight is 423 g/mol. The van der Waals surface area contributed by atoms with E-state index >= 15 is 0 Å². The standard InChI is InChI=1S/C22H25N5O4/c1-3-31-17-11-15(14-6-4-5-13(10-14)12(2)9-18(28)29)7-8-16(17)20-25-21(27-24)19(23)22(30)26-20/h4-8,10-12H,3,9,23-24H2,1-2H3,(H,28,29)(H2,25,26,27,30). The van der Waals surface area contributed by atoms with E-state index in [1.165, 1.54) is 0 Å². The van der Waals surface area contributed by atoms with E-state index in [2.05, 4.69) is 15.4 Å². The van der Waals surface area contributed by atoms with Gasteiger partial charge in [-0.05, 0) is 41.7 Å². The van der Waals surface area contributed by atoms with Gasteiger partial charge in [-0.1, -0.05) is 37.3 Å². The highest BCUT2D eigenvalue weighted by atomic mass is 16.5. The molecule has 9 heteroatoms. The van der Waals surface area contributed by atoms with Crippen LogP contribution in [0.3, 0.4) is 0 Å². The van der Waals surface area contributed by atoms with E-state index in [9.17, 15) is 9.59 Å². The summed E-state index contributed by atoms with van der Waals surface area (Å²) in [7, 11) is 0.